The number of aryl methyl sites for hydroxylation is 1. The van der Waals surface area contributed by atoms with Crippen molar-refractivity contribution in [3.63, 3.8) is 0 Å². The number of nitrogens with two attached hydrogens (primary N) is 1. The molecule has 0 aromatic heterocycles. The van der Waals surface area contributed by atoms with Crippen LogP contribution in [0, 0.1) is 0 Å². The molecule has 10 heavy (non-hydrogen) atoms. The molecule has 0 fully saturated rings. The van der Waals surface area contributed by atoms with Crippen molar-refractivity contribution in [2.75, 3.05) is 5.73 Å². The van der Waals surface area contributed by atoms with E-state index < -0.39 is 0 Å². The monoisotopic (exact) mass is 136 g/mol. The molecule has 0 heterocycles. The maximum absolute atomic E-state index is 10.7. The van der Waals surface area contributed by atoms with Crippen LogP contribution >= 0.6 is 0 Å². The highest BCUT2D eigenvalue weighted by atomic mass is 16.3. The Morgan fingerprint density at radius 1 is 1.50 bits per heavy atom. The highest BCUT2D eigenvalue weighted by Crippen LogP contribution is 2.18. The third-order valence-corrected chi connectivity index (χ3v) is 1.50. The largest absolute Gasteiger partial charge is 0.399 e. The van der Waals surface area contributed by atoms with E-state index >= 15 is 0 Å². The molecule has 1 aromatic carbocycles. The van der Waals surface area contributed by atoms with Crippen LogP contribution in [-0.2, 0) is 11.5 Å². The van der Waals surface area contributed by atoms with Crippen LogP contribution < -0.4 is 5.73 Å². The van der Waals surface area contributed by atoms with Gasteiger partial charge in [0.2, 0.25) is 0 Å². The Balaban J connectivity index is 3.09. The van der Waals surface area contributed by atoms with Gasteiger partial charge in [-0.25, -0.2) is 0 Å². The molecule has 1 radical (unpaired) electrons. The summed E-state index contributed by atoms with van der Waals surface area (Å²) in [7, 11) is 0. The predicted octanol–water partition coefficient (Wildman–Crippen LogP) is 1.97. The van der Waals surface area contributed by atoms with Crippen molar-refractivity contribution in [1.29, 1.82) is 0 Å². The number of benzene rings is 1. The lowest BCUT2D eigenvalue weighted by molar-refractivity contribution is 0.354. The first-order valence-corrected chi connectivity index (χ1v) is 3.29. The summed E-state index contributed by atoms with van der Waals surface area (Å²) in [5.41, 5.74) is 7.21. The van der Waals surface area contributed by atoms with Crippen molar-refractivity contribution in [2.24, 2.45) is 0 Å². The van der Waals surface area contributed by atoms with E-state index in [1.807, 2.05) is 6.92 Å². The van der Waals surface area contributed by atoms with Gasteiger partial charge in [-0.1, -0.05) is 6.92 Å². The lowest BCUT2D eigenvalue weighted by Gasteiger charge is -1.99. The molecule has 0 bridgehead atoms. The molecule has 1 rings (SSSR count). The van der Waals surface area contributed by atoms with Gasteiger partial charge in [-0.05, 0) is 30.2 Å². The van der Waals surface area contributed by atoms with E-state index in [1.54, 1.807) is 12.1 Å². The Morgan fingerprint density at radius 2 is 2.20 bits per heavy atom. The van der Waals surface area contributed by atoms with Crippen molar-refractivity contribution < 1.29 is 5.11 Å². The fourth-order valence-electron chi connectivity index (χ4n) is 0.888. The standard InChI is InChI=1S/C8H10NO/c1-2-6-5-7(10)3-4-8(6)9/h3-5H,2,9H2,1H3. The van der Waals surface area contributed by atoms with Crippen molar-refractivity contribution in [3.8, 4) is 5.75 Å². The molecule has 0 unspecified atom stereocenters. The van der Waals surface area contributed by atoms with Gasteiger partial charge in [0.25, 0.3) is 0 Å². The molecule has 0 atom stereocenters. The first kappa shape index (κ1) is 6.93. The summed E-state index contributed by atoms with van der Waals surface area (Å²) in [6.07, 6.45) is 0.821. The first-order chi connectivity index (χ1) is 4.74. The zero-order valence-corrected chi connectivity index (χ0v) is 5.92. The zero-order chi connectivity index (χ0) is 7.56. The molecule has 0 amide bonds. The van der Waals surface area contributed by atoms with Gasteiger partial charge >= 0.3 is 0 Å². The van der Waals surface area contributed by atoms with Crippen LogP contribution in [0.25, 0.3) is 0 Å². The molecule has 0 spiro atoms. The average molecular weight is 136 g/mol. The second kappa shape index (κ2) is 2.60. The van der Waals surface area contributed by atoms with Crippen molar-refractivity contribution in [1.82, 2.24) is 0 Å². The maximum Gasteiger partial charge on any atom is 0.179 e. The summed E-state index contributed by atoms with van der Waals surface area (Å²) in [4.78, 5) is 0. The summed E-state index contributed by atoms with van der Waals surface area (Å²) in [6, 6.07) is 4.71. The maximum atomic E-state index is 10.7. The molecular formula is C8H10NO. The number of hydrogen-bond acceptors (Lipinski definition) is 1. The van der Waals surface area contributed by atoms with Crippen molar-refractivity contribution in [2.45, 2.75) is 13.3 Å². The Bertz CT molecular complexity index is 233. The van der Waals surface area contributed by atoms with Crippen LogP contribution in [0.2, 0.25) is 0 Å². The minimum absolute atomic E-state index is 0.0334. The number of nitrogen functional groups attached to an aromatic ring is 1. The smallest absolute Gasteiger partial charge is 0.179 e. The van der Waals surface area contributed by atoms with Crippen LogP contribution in [-0.4, -0.2) is 0 Å². The third kappa shape index (κ3) is 1.21. The quantitative estimate of drug-likeness (QED) is 0.589. The van der Waals surface area contributed by atoms with Crippen LogP contribution in [0.4, 0.5) is 5.69 Å². The van der Waals surface area contributed by atoms with E-state index in [9.17, 15) is 5.11 Å². The fourth-order valence-corrected chi connectivity index (χ4v) is 0.888. The molecule has 0 saturated carbocycles. The zero-order valence-electron chi connectivity index (χ0n) is 5.92. The lowest BCUT2D eigenvalue weighted by atomic mass is 10.1. The molecule has 2 heteroatoms. The van der Waals surface area contributed by atoms with E-state index in [1.165, 1.54) is 6.07 Å². The summed E-state index contributed by atoms with van der Waals surface area (Å²) in [5.74, 6) is 0.0334. The van der Waals surface area contributed by atoms with Gasteiger partial charge in [-0.2, -0.15) is 0 Å². The molecule has 0 aliphatic heterocycles. The molecule has 53 valence electrons. The average Bonchev–Trinajstić information content (AvgIpc) is 1.94. The first-order valence-electron chi connectivity index (χ1n) is 3.29. The minimum Gasteiger partial charge on any atom is -0.399 e. The highest BCUT2D eigenvalue weighted by Gasteiger charge is 1.97. The molecule has 2 nitrogen and oxygen atoms in total. The van der Waals surface area contributed by atoms with Gasteiger partial charge in [0.1, 0.15) is 0 Å². The molecule has 2 N–H and O–H groups in total. The lowest BCUT2D eigenvalue weighted by Crippen LogP contribution is -1.90. The van der Waals surface area contributed by atoms with Crippen LogP contribution in [0.5, 0.6) is 5.75 Å². The van der Waals surface area contributed by atoms with Gasteiger partial charge < -0.3 is 5.73 Å². The Hall–Kier alpha value is -1.18. The molecule has 0 saturated heterocycles. The summed E-state index contributed by atoms with van der Waals surface area (Å²) in [5, 5.41) is 10.7. The van der Waals surface area contributed by atoms with E-state index in [0.717, 1.165) is 12.0 Å². The summed E-state index contributed by atoms with van der Waals surface area (Å²) in [6.45, 7) is 1.98. The second-order valence-electron chi connectivity index (χ2n) is 2.21. The van der Waals surface area contributed by atoms with Crippen molar-refractivity contribution in [3.05, 3.63) is 23.8 Å². The Kier molecular flexibility index (Phi) is 1.81. The van der Waals surface area contributed by atoms with Gasteiger partial charge in [-0.3, -0.25) is 5.11 Å². The number of hydrogen-bond donors (Lipinski definition) is 1. The van der Waals surface area contributed by atoms with Gasteiger partial charge in [0.05, 0.1) is 0 Å². The normalized spacial score (nSPS) is 9.70. The summed E-state index contributed by atoms with van der Waals surface area (Å²) >= 11 is 0. The van der Waals surface area contributed by atoms with E-state index in [2.05, 4.69) is 0 Å². The number of rotatable bonds is 1. The highest BCUT2D eigenvalue weighted by molar-refractivity contribution is 5.49. The van der Waals surface area contributed by atoms with Crippen molar-refractivity contribution >= 4 is 5.69 Å². The van der Waals surface area contributed by atoms with E-state index in [-0.39, 0.29) is 5.75 Å². The number of anilines is 1. The second-order valence-corrected chi connectivity index (χ2v) is 2.21. The molecular weight excluding hydrogens is 126 g/mol. The molecule has 1 aromatic rings. The summed E-state index contributed by atoms with van der Waals surface area (Å²) < 4.78 is 0. The van der Waals surface area contributed by atoms with Gasteiger partial charge in [-0.15, -0.1) is 0 Å². The van der Waals surface area contributed by atoms with Crippen LogP contribution in [0.3, 0.4) is 0 Å². The minimum atomic E-state index is 0.0334. The van der Waals surface area contributed by atoms with Gasteiger partial charge in [0, 0.05) is 5.69 Å². The molecule has 0 aliphatic carbocycles. The molecule has 0 aliphatic rings. The van der Waals surface area contributed by atoms with E-state index in [0.29, 0.717) is 5.69 Å². The van der Waals surface area contributed by atoms with Crippen LogP contribution in [0.15, 0.2) is 18.2 Å². The van der Waals surface area contributed by atoms with Crippen LogP contribution in [0.1, 0.15) is 12.5 Å². The Morgan fingerprint density at radius 3 is 2.70 bits per heavy atom. The third-order valence-electron chi connectivity index (χ3n) is 1.50. The SMILES string of the molecule is CCc1cc([O])ccc1N. The van der Waals surface area contributed by atoms with E-state index in [4.69, 9.17) is 5.73 Å². The fraction of sp³-hybridized carbons (Fsp3) is 0.250. The topological polar surface area (TPSA) is 45.9 Å². The Labute approximate surface area is 60.3 Å². The predicted molar refractivity (Wildman–Crippen MR) is 40.4 cm³/mol. The van der Waals surface area contributed by atoms with Gasteiger partial charge in [0.15, 0.2) is 5.75 Å².